The maximum absolute atomic E-state index is 5.16. The minimum Gasteiger partial charge on any atom is -0.313 e. The molecule has 2 aliphatic carbocycles. The molecule has 0 bridgehead atoms. The van der Waals surface area contributed by atoms with Gasteiger partial charge in [-0.2, -0.15) is 0 Å². The fourth-order valence-electron chi connectivity index (χ4n) is 2.23. The van der Waals surface area contributed by atoms with Gasteiger partial charge in [0.05, 0.1) is 0 Å². The van der Waals surface area contributed by atoms with Crippen molar-refractivity contribution in [2.24, 2.45) is 11.8 Å². The van der Waals surface area contributed by atoms with E-state index in [1.165, 1.54) is 19.3 Å². The van der Waals surface area contributed by atoms with Gasteiger partial charge in [0, 0.05) is 19.0 Å². The Labute approximate surface area is 68.6 Å². The summed E-state index contributed by atoms with van der Waals surface area (Å²) >= 11 is 0. The number of fused-ring (bicyclic) bond motifs is 1. The summed E-state index contributed by atoms with van der Waals surface area (Å²) in [5, 5.41) is 3.50. The molecule has 0 aliphatic heterocycles. The molecule has 0 aromatic rings. The van der Waals surface area contributed by atoms with E-state index in [0.29, 0.717) is 0 Å². The van der Waals surface area contributed by atoms with Crippen molar-refractivity contribution in [2.45, 2.75) is 31.7 Å². The Balaban J connectivity index is 1.62. The lowest BCUT2D eigenvalue weighted by atomic mass is 10.1. The zero-order valence-electron chi connectivity index (χ0n) is 6.84. The average Bonchev–Trinajstić information content (AvgIpc) is 2.61. The van der Waals surface area contributed by atoms with Crippen molar-refractivity contribution in [2.75, 3.05) is 6.54 Å². The van der Waals surface area contributed by atoms with Crippen LogP contribution in [0.15, 0.2) is 0 Å². The molecule has 1 nitrogen and oxygen atoms in total. The largest absolute Gasteiger partial charge is 0.313 e. The Morgan fingerprint density at radius 3 is 2.64 bits per heavy atom. The van der Waals surface area contributed by atoms with Gasteiger partial charge in [-0.25, -0.2) is 0 Å². The molecule has 0 spiro atoms. The number of terminal acetylenes is 1. The third kappa shape index (κ3) is 1.57. The van der Waals surface area contributed by atoms with Crippen molar-refractivity contribution in [3.05, 3.63) is 0 Å². The van der Waals surface area contributed by atoms with Gasteiger partial charge in [0.25, 0.3) is 0 Å². The molecule has 60 valence electrons. The first kappa shape index (κ1) is 7.18. The van der Waals surface area contributed by atoms with Crippen LogP contribution < -0.4 is 5.32 Å². The third-order valence-corrected chi connectivity index (χ3v) is 2.95. The van der Waals surface area contributed by atoms with Crippen LogP contribution in [0.4, 0.5) is 0 Å². The summed E-state index contributed by atoms with van der Waals surface area (Å²) in [6.07, 6.45) is 10.4. The molecule has 2 rings (SSSR count). The molecule has 2 fully saturated rings. The summed E-state index contributed by atoms with van der Waals surface area (Å²) in [5.41, 5.74) is 0. The van der Waals surface area contributed by atoms with E-state index < -0.39 is 0 Å². The van der Waals surface area contributed by atoms with Crippen LogP contribution in [0.2, 0.25) is 0 Å². The molecule has 2 unspecified atom stereocenters. The Morgan fingerprint density at radius 1 is 1.27 bits per heavy atom. The molecule has 0 aromatic carbocycles. The lowest BCUT2D eigenvalue weighted by molar-refractivity contribution is 0.488. The Hall–Kier alpha value is -0.480. The first-order valence-corrected chi connectivity index (χ1v) is 4.57. The minimum absolute atomic E-state index is 0.798. The molecule has 0 saturated heterocycles. The van der Waals surface area contributed by atoms with Crippen molar-refractivity contribution in [3.8, 4) is 12.3 Å². The maximum Gasteiger partial charge on any atom is 0.0211 e. The topological polar surface area (TPSA) is 12.0 Å². The minimum atomic E-state index is 0.798. The van der Waals surface area contributed by atoms with E-state index in [2.05, 4.69) is 11.2 Å². The van der Waals surface area contributed by atoms with Gasteiger partial charge >= 0.3 is 0 Å². The van der Waals surface area contributed by atoms with E-state index in [1.54, 1.807) is 0 Å². The summed E-state index contributed by atoms with van der Waals surface area (Å²) in [6.45, 7) is 1.01. The first-order chi connectivity index (χ1) is 5.40. The van der Waals surface area contributed by atoms with Gasteiger partial charge in [0.2, 0.25) is 0 Å². The van der Waals surface area contributed by atoms with Gasteiger partial charge in [-0.3, -0.25) is 0 Å². The van der Waals surface area contributed by atoms with Gasteiger partial charge in [0.15, 0.2) is 0 Å². The van der Waals surface area contributed by atoms with Crippen LogP contribution in [0.1, 0.15) is 25.7 Å². The van der Waals surface area contributed by atoms with Crippen LogP contribution in [0.3, 0.4) is 0 Å². The van der Waals surface area contributed by atoms with E-state index in [-0.39, 0.29) is 0 Å². The Bertz CT molecular complexity index is 170. The molecule has 1 heteroatoms. The highest BCUT2D eigenvalue weighted by Gasteiger charge is 2.45. The number of nitrogens with one attached hydrogen (secondary N) is 1. The highest BCUT2D eigenvalue weighted by Crippen LogP contribution is 2.51. The smallest absolute Gasteiger partial charge is 0.0211 e. The second-order valence-corrected chi connectivity index (χ2v) is 3.83. The van der Waals surface area contributed by atoms with Crippen LogP contribution in [0, 0.1) is 24.2 Å². The fraction of sp³-hybridized carbons (Fsp3) is 0.800. The second kappa shape index (κ2) is 2.87. The van der Waals surface area contributed by atoms with Gasteiger partial charge in [0.1, 0.15) is 0 Å². The van der Waals surface area contributed by atoms with E-state index in [0.717, 1.165) is 30.8 Å². The van der Waals surface area contributed by atoms with Gasteiger partial charge in [-0.1, -0.05) is 0 Å². The van der Waals surface area contributed by atoms with Crippen molar-refractivity contribution >= 4 is 0 Å². The van der Waals surface area contributed by atoms with Gasteiger partial charge in [-0.05, 0) is 31.1 Å². The Morgan fingerprint density at radius 2 is 2.00 bits per heavy atom. The van der Waals surface area contributed by atoms with E-state index in [1.807, 2.05) is 0 Å². The summed E-state index contributed by atoms with van der Waals surface area (Å²) in [6, 6.07) is 0.798. The van der Waals surface area contributed by atoms with Crippen LogP contribution >= 0.6 is 0 Å². The SMILES string of the molecule is C#CCCNC1CC2CC2C1. The summed E-state index contributed by atoms with van der Waals surface area (Å²) in [4.78, 5) is 0. The number of hydrogen-bond acceptors (Lipinski definition) is 1. The Kier molecular flexibility index (Phi) is 1.87. The molecular weight excluding hydrogens is 134 g/mol. The van der Waals surface area contributed by atoms with Crippen molar-refractivity contribution in [1.29, 1.82) is 0 Å². The van der Waals surface area contributed by atoms with Crippen LogP contribution in [-0.2, 0) is 0 Å². The summed E-state index contributed by atoms with van der Waals surface area (Å²) in [5.74, 6) is 4.82. The lowest BCUT2D eigenvalue weighted by Gasteiger charge is -2.12. The zero-order valence-corrected chi connectivity index (χ0v) is 6.84. The van der Waals surface area contributed by atoms with Crippen LogP contribution in [0.25, 0.3) is 0 Å². The molecule has 1 N–H and O–H groups in total. The molecule has 2 atom stereocenters. The van der Waals surface area contributed by atoms with Gasteiger partial charge in [-0.15, -0.1) is 12.3 Å². The number of hydrogen-bond donors (Lipinski definition) is 1. The zero-order chi connectivity index (χ0) is 7.68. The predicted octanol–water partition coefficient (Wildman–Crippen LogP) is 1.40. The third-order valence-electron chi connectivity index (χ3n) is 2.95. The average molecular weight is 149 g/mol. The molecule has 0 radical (unpaired) electrons. The van der Waals surface area contributed by atoms with E-state index in [4.69, 9.17) is 6.42 Å². The second-order valence-electron chi connectivity index (χ2n) is 3.83. The van der Waals surface area contributed by atoms with Crippen molar-refractivity contribution in [3.63, 3.8) is 0 Å². The molecular formula is C10H15N. The van der Waals surface area contributed by atoms with Crippen LogP contribution in [0.5, 0.6) is 0 Å². The molecule has 2 saturated carbocycles. The number of rotatable bonds is 3. The van der Waals surface area contributed by atoms with Crippen molar-refractivity contribution in [1.82, 2.24) is 5.32 Å². The highest BCUT2D eigenvalue weighted by atomic mass is 14.9. The fourth-order valence-corrected chi connectivity index (χ4v) is 2.23. The molecule has 0 heterocycles. The normalized spacial score (nSPS) is 39.7. The summed E-state index contributed by atoms with van der Waals surface area (Å²) < 4.78 is 0. The lowest BCUT2D eigenvalue weighted by Crippen LogP contribution is -2.28. The molecule has 2 aliphatic rings. The maximum atomic E-state index is 5.16. The standard InChI is InChI=1S/C10H15N/c1-2-3-4-11-10-6-8-5-9(8)7-10/h1,8-11H,3-7H2. The molecule has 0 amide bonds. The van der Waals surface area contributed by atoms with Crippen molar-refractivity contribution < 1.29 is 0 Å². The quantitative estimate of drug-likeness (QED) is 0.472. The predicted molar refractivity (Wildman–Crippen MR) is 46.1 cm³/mol. The van der Waals surface area contributed by atoms with Crippen LogP contribution in [-0.4, -0.2) is 12.6 Å². The van der Waals surface area contributed by atoms with Gasteiger partial charge < -0.3 is 5.32 Å². The molecule has 0 aromatic heterocycles. The van der Waals surface area contributed by atoms with E-state index in [9.17, 15) is 0 Å². The molecule has 11 heavy (non-hydrogen) atoms. The monoisotopic (exact) mass is 149 g/mol. The highest BCUT2D eigenvalue weighted by molar-refractivity contribution is 4.99. The first-order valence-electron chi connectivity index (χ1n) is 4.57. The summed E-state index contributed by atoms with van der Waals surface area (Å²) in [7, 11) is 0. The van der Waals surface area contributed by atoms with E-state index >= 15 is 0 Å².